The van der Waals surface area contributed by atoms with Crippen LogP contribution >= 0.6 is 21.6 Å². The molecule has 0 aromatic rings. The van der Waals surface area contributed by atoms with Crippen LogP contribution < -0.4 is 5.32 Å². The van der Waals surface area contributed by atoms with Crippen LogP contribution in [0.4, 0.5) is 13.2 Å². The van der Waals surface area contributed by atoms with Crippen molar-refractivity contribution in [3.63, 3.8) is 0 Å². The number of alkyl halides is 3. The summed E-state index contributed by atoms with van der Waals surface area (Å²) in [6, 6.07) is -1.29. The van der Waals surface area contributed by atoms with E-state index < -0.39 is 24.1 Å². The van der Waals surface area contributed by atoms with Crippen LogP contribution in [0.5, 0.6) is 0 Å². The highest BCUT2D eigenvalue weighted by atomic mass is 33.1. The molecule has 1 amide bonds. The van der Waals surface area contributed by atoms with Gasteiger partial charge >= 0.3 is 18.1 Å². The number of carbonyl (C=O) groups excluding carboxylic acids is 2. The Morgan fingerprint density at radius 2 is 1.94 bits per heavy atom. The monoisotopic (exact) mass is 291 g/mol. The van der Waals surface area contributed by atoms with Crippen LogP contribution in [0.25, 0.3) is 0 Å². The summed E-state index contributed by atoms with van der Waals surface area (Å²) in [4.78, 5) is 21.8. The van der Waals surface area contributed by atoms with Gasteiger partial charge in [-0.1, -0.05) is 28.5 Å². The SMILES string of the molecule is CCSSC[C@H](NC(=O)C(F)(F)F)C(=O)OC. The second-order valence-electron chi connectivity index (χ2n) is 2.74. The average Bonchev–Trinajstić information content (AvgIpc) is 2.25. The number of nitrogens with one attached hydrogen (secondary N) is 1. The minimum absolute atomic E-state index is 0.0208. The third-order valence-electron chi connectivity index (χ3n) is 1.48. The Kier molecular flexibility index (Phi) is 7.44. The van der Waals surface area contributed by atoms with Crippen molar-refractivity contribution >= 4 is 33.5 Å². The number of esters is 1. The van der Waals surface area contributed by atoms with E-state index in [1.54, 1.807) is 5.32 Å². The third kappa shape index (κ3) is 6.67. The number of ether oxygens (including phenoxy) is 1. The highest BCUT2D eigenvalue weighted by Crippen LogP contribution is 2.22. The summed E-state index contributed by atoms with van der Waals surface area (Å²) < 4.78 is 40.3. The molecule has 0 bridgehead atoms. The molecule has 0 spiro atoms. The van der Waals surface area contributed by atoms with Crippen LogP contribution in [0.15, 0.2) is 0 Å². The summed E-state index contributed by atoms with van der Waals surface area (Å²) in [6.45, 7) is 1.86. The van der Waals surface area contributed by atoms with E-state index in [2.05, 4.69) is 4.74 Å². The van der Waals surface area contributed by atoms with Gasteiger partial charge < -0.3 is 10.1 Å². The molecule has 0 heterocycles. The first-order valence-corrected chi connectivity index (χ1v) is 7.01. The molecule has 17 heavy (non-hydrogen) atoms. The van der Waals surface area contributed by atoms with Gasteiger partial charge in [0.05, 0.1) is 7.11 Å². The lowest BCUT2D eigenvalue weighted by Gasteiger charge is -2.16. The maximum absolute atomic E-state index is 12.0. The van der Waals surface area contributed by atoms with E-state index >= 15 is 0 Å². The van der Waals surface area contributed by atoms with Crippen LogP contribution in [-0.2, 0) is 14.3 Å². The van der Waals surface area contributed by atoms with Crippen LogP contribution in [0, 0.1) is 0 Å². The van der Waals surface area contributed by atoms with Gasteiger partial charge in [-0.3, -0.25) is 4.79 Å². The normalized spacial score (nSPS) is 13.0. The first kappa shape index (κ1) is 16.4. The van der Waals surface area contributed by atoms with Gasteiger partial charge in [-0.05, 0) is 0 Å². The van der Waals surface area contributed by atoms with Gasteiger partial charge in [0, 0.05) is 11.5 Å². The minimum Gasteiger partial charge on any atom is -0.467 e. The Morgan fingerprint density at radius 1 is 1.35 bits per heavy atom. The van der Waals surface area contributed by atoms with E-state index in [1.807, 2.05) is 6.92 Å². The van der Waals surface area contributed by atoms with Gasteiger partial charge in [0.15, 0.2) is 0 Å². The molecule has 0 aliphatic rings. The van der Waals surface area contributed by atoms with Crippen molar-refractivity contribution in [1.29, 1.82) is 0 Å². The van der Waals surface area contributed by atoms with Gasteiger partial charge in [0.1, 0.15) is 6.04 Å². The molecule has 0 radical (unpaired) electrons. The lowest BCUT2D eigenvalue weighted by Crippen LogP contribution is -2.48. The fourth-order valence-corrected chi connectivity index (χ4v) is 2.57. The highest BCUT2D eigenvalue weighted by Gasteiger charge is 2.40. The first-order chi connectivity index (χ1) is 7.82. The Labute approximate surface area is 104 Å². The zero-order valence-electron chi connectivity index (χ0n) is 9.17. The fourth-order valence-electron chi connectivity index (χ4n) is 0.750. The highest BCUT2D eigenvalue weighted by molar-refractivity contribution is 8.76. The van der Waals surface area contributed by atoms with Gasteiger partial charge in [0.2, 0.25) is 0 Å². The summed E-state index contributed by atoms with van der Waals surface area (Å²) in [5, 5.41) is 1.59. The summed E-state index contributed by atoms with van der Waals surface area (Å²) in [5.74, 6) is -2.28. The topological polar surface area (TPSA) is 55.4 Å². The quantitative estimate of drug-likeness (QED) is 0.458. The van der Waals surface area contributed by atoms with Gasteiger partial charge in [-0.25, -0.2) is 4.79 Å². The number of hydrogen-bond donors (Lipinski definition) is 1. The van der Waals surface area contributed by atoms with E-state index in [0.717, 1.165) is 12.9 Å². The summed E-state index contributed by atoms with van der Waals surface area (Å²) in [6.07, 6.45) is -5.01. The van der Waals surface area contributed by atoms with Crippen molar-refractivity contribution in [3.8, 4) is 0 Å². The molecule has 9 heteroatoms. The van der Waals surface area contributed by atoms with Crippen LogP contribution in [0.2, 0.25) is 0 Å². The molecule has 0 saturated heterocycles. The second-order valence-corrected chi connectivity index (χ2v) is 5.53. The predicted molar refractivity (Wildman–Crippen MR) is 60.6 cm³/mol. The lowest BCUT2D eigenvalue weighted by molar-refractivity contribution is -0.175. The fraction of sp³-hybridized carbons (Fsp3) is 0.750. The largest absolute Gasteiger partial charge is 0.471 e. The van der Waals surface area contributed by atoms with E-state index in [-0.39, 0.29) is 5.75 Å². The van der Waals surface area contributed by atoms with Crippen molar-refractivity contribution in [2.75, 3.05) is 18.6 Å². The molecule has 0 aliphatic carbocycles. The van der Waals surface area contributed by atoms with Crippen molar-refractivity contribution in [1.82, 2.24) is 5.32 Å². The zero-order valence-corrected chi connectivity index (χ0v) is 10.8. The summed E-state index contributed by atoms with van der Waals surface area (Å²) >= 11 is 0. The van der Waals surface area contributed by atoms with Crippen molar-refractivity contribution in [2.45, 2.75) is 19.1 Å². The van der Waals surface area contributed by atoms with Gasteiger partial charge in [0.25, 0.3) is 0 Å². The van der Waals surface area contributed by atoms with Gasteiger partial charge in [-0.2, -0.15) is 13.2 Å². The zero-order chi connectivity index (χ0) is 13.5. The Hall–Kier alpha value is -0.570. The number of carbonyl (C=O) groups is 2. The summed E-state index contributed by atoms with van der Waals surface area (Å²) in [5.41, 5.74) is 0. The minimum atomic E-state index is -5.01. The Morgan fingerprint density at radius 3 is 2.35 bits per heavy atom. The molecule has 0 aliphatic heterocycles. The van der Waals surface area contributed by atoms with Crippen molar-refractivity contribution in [3.05, 3.63) is 0 Å². The standard InChI is InChI=1S/C8H12F3NO3S2/c1-3-16-17-4-5(6(13)15-2)12-7(14)8(9,10)11/h5H,3-4H2,1-2H3,(H,12,14)/t5-/m0/s1. The van der Waals surface area contributed by atoms with Crippen molar-refractivity contribution in [2.24, 2.45) is 0 Å². The Balaban J connectivity index is 4.39. The number of rotatable bonds is 6. The molecule has 4 nitrogen and oxygen atoms in total. The first-order valence-electron chi connectivity index (χ1n) is 4.52. The molecule has 1 N–H and O–H groups in total. The van der Waals surface area contributed by atoms with E-state index in [0.29, 0.717) is 0 Å². The summed E-state index contributed by atoms with van der Waals surface area (Å²) in [7, 11) is 3.62. The Bertz CT molecular complexity index is 273. The molecule has 0 saturated carbocycles. The van der Waals surface area contributed by atoms with Crippen LogP contribution in [0.1, 0.15) is 6.92 Å². The van der Waals surface area contributed by atoms with E-state index in [1.165, 1.54) is 21.6 Å². The molecule has 0 rings (SSSR count). The molecule has 0 unspecified atom stereocenters. The number of halogens is 3. The van der Waals surface area contributed by atoms with E-state index in [9.17, 15) is 22.8 Å². The van der Waals surface area contributed by atoms with Crippen LogP contribution in [0.3, 0.4) is 0 Å². The van der Waals surface area contributed by atoms with Crippen LogP contribution in [-0.4, -0.2) is 42.7 Å². The smallest absolute Gasteiger partial charge is 0.467 e. The number of methoxy groups -OCH3 is 1. The molecular formula is C8H12F3NO3S2. The molecule has 0 aromatic heterocycles. The lowest BCUT2D eigenvalue weighted by atomic mass is 10.3. The number of hydrogen-bond acceptors (Lipinski definition) is 5. The maximum Gasteiger partial charge on any atom is 0.471 e. The molecule has 1 atom stereocenters. The predicted octanol–water partition coefficient (Wildman–Crippen LogP) is 1.61. The molecule has 100 valence electrons. The second kappa shape index (κ2) is 7.70. The molecular weight excluding hydrogens is 279 g/mol. The van der Waals surface area contributed by atoms with E-state index in [4.69, 9.17) is 0 Å². The maximum atomic E-state index is 12.0. The third-order valence-corrected chi connectivity index (χ3v) is 3.97. The van der Waals surface area contributed by atoms with Crippen molar-refractivity contribution < 1.29 is 27.5 Å². The number of amides is 1. The molecule has 0 fully saturated rings. The average molecular weight is 291 g/mol. The molecule has 0 aromatic carbocycles. The van der Waals surface area contributed by atoms with Gasteiger partial charge in [-0.15, -0.1) is 0 Å².